The Hall–Kier alpha value is -1.72. The van der Waals surface area contributed by atoms with E-state index in [1.54, 1.807) is 12.1 Å². The van der Waals surface area contributed by atoms with Gasteiger partial charge in [0.05, 0.1) is 24.1 Å². The maximum Gasteiger partial charge on any atom is 0.307 e. The van der Waals surface area contributed by atoms with E-state index in [0.29, 0.717) is 17.3 Å². The number of benzene rings is 1. The van der Waals surface area contributed by atoms with Crippen LogP contribution in [0.1, 0.15) is 12.0 Å². The number of aromatic nitrogens is 1. The fourth-order valence-electron chi connectivity index (χ4n) is 2.27. The van der Waals surface area contributed by atoms with Gasteiger partial charge in [-0.3, -0.25) is 4.79 Å². The molecule has 6 heteroatoms. The van der Waals surface area contributed by atoms with Gasteiger partial charge in [0.1, 0.15) is 5.75 Å². The summed E-state index contributed by atoms with van der Waals surface area (Å²) in [4.78, 5) is 11.0. The molecule has 20 heavy (non-hydrogen) atoms. The number of carbonyl (C=O) groups is 1. The molecule has 3 N–H and O–H groups in total. The van der Waals surface area contributed by atoms with Crippen molar-refractivity contribution in [3.8, 4) is 5.75 Å². The number of carboxylic acids is 1. The predicted octanol–water partition coefficient (Wildman–Crippen LogP) is 2.28. The second kappa shape index (κ2) is 6.15. The maximum atomic E-state index is 11.0. The number of methoxy groups -OCH3 is 1. The van der Waals surface area contributed by atoms with Crippen molar-refractivity contribution in [1.29, 1.82) is 0 Å². The Kier molecular flexibility index (Phi) is 4.52. The fourth-order valence-corrected chi connectivity index (χ4v) is 2.51. The van der Waals surface area contributed by atoms with E-state index in [9.17, 15) is 4.79 Å². The summed E-state index contributed by atoms with van der Waals surface area (Å²) in [6.45, 7) is 1.31. The number of hydrogen-bond acceptors (Lipinski definition) is 3. The summed E-state index contributed by atoms with van der Waals surface area (Å²) in [7, 11) is 1.54. The number of nitrogens with two attached hydrogens (primary N) is 1. The van der Waals surface area contributed by atoms with Crippen LogP contribution in [-0.4, -0.2) is 29.3 Å². The van der Waals surface area contributed by atoms with Gasteiger partial charge in [0.15, 0.2) is 0 Å². The number of hydrogen-bond donors (Lipinski definition) is 2. The number of aliphatic carboxylic acids is 1. The molecular weight excluding hydrogens is 280 g/mol. The van der Waals surface area contributed by atoms with Crippen molar-refractivity contribution >= 4 is 28.5 Å². The van der Waals surface area contributed by atoms with Gasteiger partial charge in [-0.25, -0.2) is 0 Å². The van der Waals surface area contributed by atoms with Crippen LogP contribution in [0.15, 0.2) is 18.3 Å². The van der Waals surface area contributed by atoms with Gasteiger partial charge < -0.3 is 20.1 Å². The average Bonchev–Trinajstić information content (AvgIpc) is 2.72. The zero-order chi connectivity index (χ0) is 14.7. The zero-order valence-electron chi connectivity index (χ0n) is 11.2. The van der Waals surface area contributed by atoms with E-state index in [1.165, 1.54) is 7.11 Å². The molecule has 108 valence electrons. The molecule has 0 atom stereocenters. The standard InChI is InChI=1S/C14H17ClN2O3/c1-20-13-6-10-9(5-14(18)19)8-17(4-2-3-16)12(10)7-11(13)15/h6-8H,2-5,16H2,1H3,(H,18,19). The van der Waals surface area contributed by atoms with Crippen molar-refractivity contribution in [3.05, 3.63) is 28.9 Å². The summed E-state index contributed by atoms with van der Waals surface area (Å²) in [5, 5.41) is 10.4. The van der Waals surface area contributed by atoms with Crippen molar-refractivity contribution in [1.82, 2.24) is 4.57 Å². The lowest BCUT2D eigenvalue weighted by atomic mass is 10.1. The van der Waals surface area contributed by atoms with Gasteiger partial charge in [-0.2, -0.15) is 0 Å². The smallest absolute Gasteiger partial charge is 0.307 e. The van der Waals surface area contributed by atoms with Crippen LogP contribution in [0, 0.1) is 0 Å². The van der Waals surface area contributed by atoms with Gasteiger partial charge in [0.25, 0.3) is 0 Å². The molecule has 1 aromatic carbocycles. The molecule has 1 heterocycles. The lowest BCUT2D eigenvalue weighted by Gasteiger charge is -2.07. The summed E-state index contributed by atoms with van der Waals surface area (Å²) in [5.74, 6) is -0.320. The average molecular weight is 297 g/mol. The van der Waals surface area contributed by atoms with E-state index in [2.05, 4.69) is 0 Å². The maximum absolute atomic E-state index is 11.0. The van der Waals surface area contributed by atoms with Gasteiger partial charge in [0, 0.05) is 18.1 Å². The molecular formula is C14H17ClN2O3. The summed E-state index contributed by atoms with van der Waals surface area (Å²) in [6, 6.07) is 3.59. The highest BCUT2D eigenvalue weighted by Crippen LogP contribution is 2.33. The van der Waals surface area contributed by atoms with Crippen LogP contribution in [0.2, 0.25) is 5.02 Å². The SMILES string of the molecule is COc1cc2c(CC(=O)O)cn(CCCN)c2cc1Cl. The van der Waals surface area contributed by atoms with Crippen molar-refractivity contribution in [2.75, 3.05) is 13.7 Å². The molecule has 2 rings (SSSR count). The number of nitrogens with zero attached hydrogens (tertiary/aromatic N) is 1. The first kappa shape index (κ1) is 14.7. The third-order valence-electron chi connectivity index (χ3n) is 3.18. The minimum Gasteiger partial charge on any atom is -0.495 e. The molecule has 0 saturated heterocycles. The predicted molar refractivity (Wildman–Crippen MR) is 78.5 cm³/mol. The van der Waals surface area contributed by atoms with Crippen LogP contribution in [0.25, 0.3) is 10.9 Å². The number of ether oxygens (including phenoxy) is 1. The van der Waals surface area contributed by atoms with E-state index >= 15 is 0 Å². The van der Waals surface area contributed by atoms with Crippen molar-refractivity contribution < 1.29 is 14.6 Å². The lowest BCUT2D eigenvalue weighted by Crippen LogP contribution is -2.05. The van der Waals surface area contributed by atoms with Crippen LogP contribution in [-0.2, 0) is 17.8 Å². The highest BCUT2D eigenvalue weighted by atomic mass is 35.5. The van der Waals surface area contributed by atoms with Crippen LogP contribution >= 0.6 is 11.6 Å². The molecule has 0 saturated carbocycles. The number of rotatable bonds is 6. The molecule has 2 aromatic rings. The van der Waals surface area contributed by atoms with Crippen LogP contribution < -0.4 is 10.5 Å². The molecule has 0 radical (unpaired) electrons. The Balaban J connectivity index is 2.57. The Labute approximate surface area is 121 Å². The van der Waals surface area contributed by atoms with E-state index in [4.69, 9.17) is 27.2 Å². The van der Waals surface area contributed by atoms with Gasteiger partial charge in [-0.1, -0.05) is 11.6 Å². The van der Waals surface area contributed by atoms with Gasteiger partial charge >= 0.3 is 5.97 Å². The molecule has 0 unspecified atom stereocenters. The van der Waals surface area contributed by atoms with Gasteiger partial charge in [0.2, 0.25) is 0 Å². The van der Waals surface area contributed by atoms with E-state index in [1.807, 2.05) is 10.8 Å². The Morgan fingerprint density at radius 2 is 2.25 bits per heavy atom. The Bertz CT molecular complexity index is 637. The summed E-state index contributed by atoms with van der Waals surface area (Å²) < 4.78 is 7.19. The third kappa shape index (κ3) is 2.89. The number of fused-ring (bicyclic) bond motifs is 1. The minimum absolute atomic E-state index is 0.0308. The summed E-state index contributed by atoms with van der Waals surface area (Å²) in [6.07, 6.45) is 2.64. The first-order chi connectivity index (χ1) is 9.56. The molecule has 1 aromatic heterocycles. The van der Waals surface area contributed by atoms with Crippen LogP contribution in [0.3, 0.4) is 0 Å². The molecule has 0 aliphatic carbocycles. The first-order valence-corrected chi connectivity index (χ1v) is 6.71. The van der Waals surface area contributed by atoms with Gasteiger partial charge in [-0.15, -0.1) is 0 Å². The molecule has 0 bridgehead atoms. The fraction of sp³-hybridized carbons (Fsp3) is 0.357. The highest BCUT2D eigenvalue weighted by Gasteiger charge is 2.14. The second-order valence-corrected chi connectivity index (χ2v) is 4.97. The Morgan fingerprint density at radius 1 is 1.50 bits per heavy atom. The minimum atomic E-state index is -0.864. The van der Waals surface area contributed by atoms with Crippen molar-refractivity contribution in [2.45, 2.75) is 19.4 Å². The number of carboxylic acid groups (broad SMARTS) is 1. The molecule has 0 spiro atoms. The second-order valence-electron chi connectivity index (χ2n) is 4.56. The molecule has 0 amide bonds. The zero-order valence-corrected chi connectivity index (χ0v) is 12.0. The van der Waals surface area contributed by atoms with E-state index < -0.39 is 5.97 Å². The highest BCUT2D eigenvalue weighted by molar-refractivity contribution is 6.32. The van der Waals surface area contributed by atoms with E-state index in [0.717, 1.165) is 29.4 Å². The molecule has 0 fully saturated rings. The molecule has 0 aliphatic rings. The monoisotopic (exact) mass is 296 g/mol. The quantitative estimate of drug-likeness (QED) is 0.857. The van der Waals surface area contributed by atoms with Crippen molar-refractivity contribution in [3.63, 3.8) is 0 Å². The normalized spacial score (nSPS) is 10.9. The van der Waals surface area contributed by atoms with Crippen LogP contribution in [0.5, 0.6) is 5.75 Å². The summed E-state index contributed by atoms with van der Waals surface area (Å²) >= 11 is 6.15. The van der Waals surface area contributed by atoms with E-state index in [-0.39, 0.29) is 6.42 Å². The van der Waals surface area contributed by atoms with Gasteiger partial charge in [-0.05, 0) is 30.7 Å². The summed E-state index contributed by atoms with van der Waals surface area (Å²) in [5.41, 5.74) is 7.18. The third-order valence-corrected chi connectivity index (χ3v) is 3.48. The van der Waals surface area contributed by atoms with Crippen LogP contribution in [0.4, 0.5) is 0 Å². The Morgan fingerprint density at radius 3 is 2.85 bits per heavy atom. The lowest BCUT2D eigenvalue weighted by molar-refractivity contribution is -0.136. The number of halogens is 1. The molecule has 5 nitrogen and oxygen atoms in total. The first-order valence-electron chi connectivity index (χ1n) is 6.34. The van der Waals surface area contributed by atoms with Crippen molar-refractivity contribution in [2.24, 2.45) is 5.73 Å². The largest absolute Gasteiger partial charge is 0.495 e. The number of aryl methyl sites for hydroxylation is 1. The topological polar surface area (TPSA) is 77.5 Å². The molecule has 0 aliphatic heterocycles.